The van der Waals surface area contributed by atoms with E-state index in [2.05, 4.69) is 22.2 Å². The van der Waals surface area contributed by atoms with Crippen LogP contribution in [0.15, 0.2) is 48.0 Å². The number of benzene rings is 1. The maximum absolute atomic E-state index is 13.0. The second kappa shape index (κ2) is 10.0. The number of rotatable bonds is 9. The lowest BCUT2D eigenvalue weighted by Gasteiger charge is -2.21. The van der Waals surface area contributed by atoms with Crippen molar-refractivity contribution in [1.82, 2.24) is 14.8 Å². The number of Topliss-reactive ketones (excluding diaryl/α,β-unsaturated/α-hetero) is 1. The van der Waals surface area contributed by atoms with E-state index >= 15 is 0 Å². The van der Waals surface area contributed by atoms with Gasteiger partial charge in [0.05, 0.1) is 5.69 Å². The molecule has 3 aromatic rings. The average molecular weight is 440 g/mol. The van der Waals surface area contributed by atoms with Crippen LogP contribution in [0.5, 0.6) is 0 Å². The molecule has 164 valence electrons. The van der Waals surface area contributed by atoms with Gasteiger partial charge in [0.1, 0.15) is 11.3 Å². The standard InChI is InChI=1S/C24H29N3O3S/c1-24(2,3)30-22(29)11-10-18(14-17-8-6-5-7-9-17)15-21(28)23-26-19(16-31-23)20-12-13-25-27(20)4/h5-9,12-13,16,18H,10-11,14-15H2,1-4H3. The van der Waals surface area contributed by atoms with Crippen molar-refractivity contribution in [2.45, 2.75) is 52.1 Å². The lowest BCUT2D eigenvalue weighted by molar-refractivity contribution is -0.155. The third-order valence-electron chi connectivity index (χ3n) is 4.84. The first-order valence-electron chi connectivity index (χ1n) is 10.4. The molecule has 0 bridgehead atoms. The van der Waals surface area contributed by atoms with Gasteiger partial charge in [-0.1, -0.05) is 30.3 Å². The Kier molecular flexibility index (Phi) is 7.38. The van der Waals surface area contributed by atoms with E-state index in [1.54, 1.807) is 10.9 Å². The molecule has 1 atom stereocenters. The highest BCUT2D eigenvalue weighted by atomic mass is 32.1. The predicted molar refractivity (Wildman–Crippen MR) is 122 cm³/mol. The zero-order chi connectivity index (χ0) is 22.4. The number of aryl methyl sites for hydroxylation is 1. The van der Waals surface area contributed by atoms with Gasteiger partial charge in [0, 0.05) is 31.5 Å². The Morgan fingerprint density at radius 1 is 1.16 bits per heavy atom. The monoisotopic (exact) mass is 439 g/mol. The molecule has 1 aromatic carbocycles. The molecular formula is C24H29N3O3S. The summed E-state index contributed by atoms with van der Waals surface area (Å²) in [5.74, 6) is -0.194. The summed E-state index contributed by atoms with van der Waals surface area (Å²) in [6.07, 6.45) is 3.67. The van der Waals surface area contributed by atoms with Crippen molar-refractivity contribution in [3.8, 4) is 11.4 Å². The fourth-order valence-electron chi connectivity index (χ4n) is 3.43. The number of ether oxygens (including phenoxy) is 1. The molecule has 0 N–H and O–H groups in total. The Hall–Kier alpha value is -2.80. The van der Waals surface area contributed by atoms with E-state index in [0.29, 0.717) is 24.3 Å². The number of esters is 1. The Morgan fingerprint density at radius 2 is 1.90 bits per heavy atom. The molecule has 0 aliphatic rings. The van der Waals surface area contributed by atoms with Gasteiger partial charge in [-0.05, 0) is 51.2 Å². The van der Waals surface area contributed by atoms with Crippen LogP contribution in [-0.2, 0) is 23.0 Å². The normalized spacial score (nSPS) is 12.5. The van der Waals surface area contributed by atoms with Crippen molar-refractivity contribution in [3.05, 3.63) is 58.5 Å². The first-order chi connectivity index (χ1) is 14.7. The van der Waals surface area contributed by atoms with Crippen LogP contribution in [0.1, 0.15) is 55.4 Å². The van der Waals surface area contributed by atoms with Crippen LogP contribution in [0.2, 0.25) is 0 Å². The summed E-state index contributed by atoms with van der Waals surface area (Å²) in [5.41, 5.74) is 2.27. The van der Waals surface area contributed by atoms with Gasteiger partial charge in [-0.3, -0.25) is 14.3 Å². The topological polar surface area (TPSA) is 74.1 Å². The van der Waals surface area contributed by atoms with Crippen molar-refractivity contribution >= 4 is 23.1 Å². The Labute approximate surface area is 187 Å². The molecule has 0 saturated heterocycles. The lowest BCUT2D eigenvalue weighted by atomic mass is 9.90. The molecule has 0 amide bonds. The van der Waals surface area contributed by atoms with E-state index in [4.69, 9.17) is 4.74 Å². The van der Waals surface area contributed by atoms with Gasteiger partial charge in [0.15, 0.2) is 10.8 Å². The summed E-state index contributed by atoms with van der Waals surface area (Å²) in [7, 11) is 1.85. The van der Waals surface area contributed by atoms with Gasteiger partial charge >= 0.3 is 5.97 Å². The second-order valence-electron chi connectivity index (χ2n) is 8.69. The fourth-order valence-corrected chi connectivity index (χ4v) is 4.19. The number of aromatic nitrogens is 3. The van der Waals surface area contributed by atoms with Crippen LogP contribution in [0.25, 0.3) is 11.4 Å². The SMILES string of the molecule is Cn1nccc1-c1csc(C(=O)CC(CCC(=O)OC(C)(C)C)Cc2ccccc2)n1. The van der Waals surface area contributed by atoms with Crippen LogP contribution in [0.3, 0.4) is 0 Å². The first kappa shape index (κ1) is 22.9. The largest absolute Gasteiger partial charge is 0.460 e. The zero-order valence-corrected chi connectivity index (χ0v) is 19.3. The minimum atomic E-state index is -0.509. The van der Waals surface area contributed by atoms with Crippen molar-refractivity contribution in [1.29, 1.82) is 0 Å². The molecule has 7 heteroatoms. The van der Waals surface area contributed by atoms with Gasteiger partial charge in [0.25, 0.3) is 0 Å². The van der Waals surface area contributed by atoms with Gasteiger partial charge in [-0.15, -0.1) is 11.3 Å². The number of thiazole rings is 1. The molecule has 6 nitrogen and oxygen atoms in total. The third kappa shape index (κ3) is 6.85. The molecule has 2 aromatic heterocycles. The molecule has 0 aliphatic carbocycles. The molecule has 1 unspecified atom stereocenters. The molecule has 31 heavy (non-hydrogen) atoms. The minimum absolute atomic E-state index is 0.00328. The van der Waals surface area contributed by atoms with Gasteiger partial charge in [0.2, 0.25) is 0 Å². The number of carbonyl (C=O) groups is 2. The summed E-state index contributed by atoms with van der Waals surface area (Å²) >= 11 is 1.35. The third-order valence-corrected chi connectivity index (χ3v) is 5.73. The summed E-state index contributed by atoms with van der Waals surface area (Å²) in [6, 6.07) is 11.9. The molecule has 0 radical (unpaired) electrons. The number of ketones is 1. The number of nitrogens with zero attached hydrogens (tertiary/aromatic N) is 3. The van der Waals surface area contributed by atoms with E-state index in [0.717, 1.165) is 23.4 Å². The summed E-state index contributed by atoms with van der Waals surface area (Å²) in [5, 5.41) is 6.54. The van der Waals surface area contributed by atoms with Crippen molar-refractivity contribution in [2.24, 2.45) is 13.0 Å². The van der Waals surface area contributed by atoms with Crippen molar-refractivity contribution in [3.63, 3.8) is 0 Å². The van der Waals surface area contributed by atoms with Crippen molar-refractivity contribution < 1.29 is 14.3 Å². The molecule has 3 rings (SSSR count). The number of hydrogen-bond donors (Lipinski definition) is 0. The van der Waals surface area contributed by atoms with Crippen LogP contribution in [0.4, 0.5) is 0 Å². The molecule has 2 heterocycles. The first-order valence-corrected chi connectivity index (χ1v) is 11.3. The van der Waals surface area contributed by atoms with Crippen LogP contribution >= 0.6 is 11.3 Å². The average Bonchev–Trinajstić information content (AvgIpc) is 3.34. The molecule has 0 fully saturated rings. The van der Waals surface area contributed by atoms with Crippen LogP contribution in [0, 0.1) is 5.92 Å². The maximum atomic E-state index is 13.0. The van der Waals surface area contributed by atoms with Gasteiger partial charge in [-0.2, -0.15) is 5.10 Å². The van der Waals surface area contributed by atoms with E-state index < -0.39 is 5.60 Å². The molecule has 0 aliphatic heterocycles. The van der Waals surface area contributed by atoms with Gasteiger partial charge in [-0.25, -0.2) is 4.98 Å². The minimum Gasteiger partial charge on any atom is -0.460 e. The lowest BCUT2D eigenvalue weighted by Crippen LogP contribution is -2.24. The number of hydrogen-bond acceptors (Lipinski definition) is 6. The highest BCUT2D eigenvalue weighted by molar-refractivity contribution is 7.12. The fraction of sp³-hybridized carbons (Fsp3) is 0.417. The Bertz CT molecular complexity index is 1020. The van der Waals surface area contributed by atoms with E-state index in [1.807, 2.05) is 57.5 Å². The zero-order valence-electron chi connectivity index (χ0n) is 18.5. The van der Waals surface area contributed by atoms with Gasteiger partial charge < -0.3 is 4.74 Å². The molecular weight excluding hydrogens is 410 g/mol. The number of carbonyl (C=O) groups excluding carboxylic acids is 2. The van der Waals surface area contributed by atoms with Crippen molar-refractivity contribution in [2.75, 3.05) is 0 Å². The second-order valence-corrected chi connectivity index (χ2v) is 9.54. The smallest absolute Gasteiger partial charge is 0.306 e. The predicted octanol–water partition coefficient (Wildman–Crippen LogP) is 5.10. The summed E-state index contributed by atoms with van der Waals surface area (Å²) < 4.78 is 7.18. The van der Waals surface area contributed by atoms with E-state index in [1.165, 1.54) is 11.3 Å². The Morgan fingerprint density at radius 3 is 2.55 bits per heavy atom. The maximum Gasteiger partial charge on any atom is 0.306 e. The molecule has 0 saturated carbocycles. The summed E-state index contributed by atoms with van der Waals surface area (Å²) in [4.78, 5) is 29.7. The van der Waals surface area contributed by atoms with E-state index in [-0.39, 0.29) is 17.7 Å². The highest BCUT2D eigenvalue weighted by Gasteiger charge is 2.22. The van der Waals surface area contributed by atoms with Crippen LogP contribution in [-0.4, -0.2) is 32.1 Å². The molecule has 0 spiro atoms. The van der Waals surface area contributed by atoms with E-state index in [9.17, 15) is 9.59 Å². The highest BCUT2D eigenvalue weighted by Crippen LogP contribution is 2.25. The quantitative estimate of drug-likeness (QED) is 0.343. The Balaban J connectivity index is 1.68. The summed E-state index contributed by atoms with van der Waals surface area (Å²) in [6.45, 7) is 5.58. The van der Waals surface area contributed by atoms with Crippen LogP contribution < -0.4 is 0 Å².